The molecular weight excluding hydrogens is 342 g/mol. The predicted molar refractivity (Wildman–Crippen MR) is 104 cm³/mol. The van der Waals surface area contributed by atoms with Gasteiger partial charge in [-0.1, -0.05) is 18.2 Å². The molecule has 0 saturated carbocycles. The molecule has 1 N–H and O–H groups in total. The fourth-order valence-corrected chi connectivity index (χ4v) is 3.88. The number of carbonyl (C=O) groups is 3. The van der Waals surface area contributed by atoms with Crippen molar-refractivity contribution < 1.29 is 14.4 Å². The Morgan fingerprint density at radius 2 is 1.78 bits per heavy atom. The molecule has 0 spiro atoms. The van der Waals surface area contributed by atoms with Crippen molar-refractivity contribution in [2.45, 2.75) is 12.8 Å². The molecule has 1 fully saturated rings. The smallest absolute Gasteiger partial charge is 0.261 e. The second kappa shape index (κ2) is 6.96. The minimum Gasteiger partial charge on any atom is -0.324 e. The molecule has 0 aromatic heterocycles. The summed E-state index contributed by atoms with van der Waals surface area (Å²) in [5.74, 6) is -0.753. The maximum Gasteiger partial charge on any atom is 0.261 e. The Bertz CT molecular complexity index is 938. The van der Waals surface area contributed by atoms with Crippen molar-refractivity contribution in [1.82, 2.24) is 9.80 Å². The Morgan fingerprint density at radius 1 is 1.07 bits per heavy atom. The number of imide groups is 1. The molecule has 1 saturated heterocycles. The first-order chi connectivity index (χ1) is 13.1. The van der Waals surface area contributed by atoms with E-state index in [1.807, 2.05) is 6.07 Å². The third-order valence-electron chi connectivity index (χ3n) is 5.14. The van der Waals surface area contributed by atoms with Crippen molar-refractivity contribution in [3.05, 3.63) is 54.1 Å². The van der Waals surface area contributed by atoms with E-state index in [-0.39, 0.29) is 24.3 Å². The molecule has 2 heterocycles. The van der Waals surface area contributed by atoms with E-state index >= 15 is 0 Å². The maximum absolute atomic E-state index is 12.7. The van der Waals surface area contributed by atoms with Crippen LogP contribution in [0.1, 0.15) is 33.6 Å². The minimum atomic E-state index is -0.335. The Kier molecular flexibility index (Phi) is 4.49. The van der Waals surface area contributed by atoms with Crippen molar-refractivity contribution in [3.8, 4) is 0 Å². The maximum atomic E-state index is 12.7. The number of anilines is 1. The summed E-state index contributed by atoms with van der Waals surface area (Å²) in [5, 5.41) is 4.26. The standard InChI is InChI=1S/C21H21N3O3/c1-2-10-24-20(26)15-7-5-6-14-17(9-8-16(19(14)15)21(24)27)22-18(25)13-23-11-3-4-12-23/h2,5-9H,1,3-4,10-13H2,(H,22,25). The number of benzene rings is 2. The van der Waals surface area contributed by atoms with Gasteiger partial charge in [0, 0.05) is 34.1 Å². The van der Waals surface area contributed by atoms with Crippen LogP contribution in [0.4, 0.5) is 5.69 Å². The number of nitrogens with one attached hydrogen (secondary N) is 1. The second-order valence-electron chi connectivity index (χ2n) is 6.93. The lowest BCUT2D eigenvalue weighted by atomic mass is 9.93. The van der Waals surface area contributed by atoms with E-state index in [0.29, 0.717) is 34.1 Å². The fraction of sp³-hybridized carbons (Fsp3) is 0.286. The predicted octanol–water partition coefficient (Wildman–Crippen LogP) is 2.66. The summed E-state index contributed by atoms with van der Waals surface area (Å²) in [6.07, 6.45) is 3.78. The molecule has 0 aliphatic carbocycles. The SMILES string of the molecule is C=CCN1C(=O)c2cccc3c(NC(=O)CN4CCCC4)ccc(c23)C1=O. The molecule has 27 heavy (non-hydrogen) atoms. The highest BCUT2D eigenvalue weighted by Gasteiger charge is 2.32. The minimum absolute atomic E-state index is 0.0839. The van der Waals surface area contributed by atoms with E-state index < -0.39 is 0 Å². The second-order valence-corrected chi connectivity index (χ2v) is 6.93. The molecule has 2 aliphatic heterocycles. The van der Waals surface area contributed by atoms with Crippen molar-refractivity contribution >= 4 is 34.2 Å². The van der Waals surface area contributed by atoms with Gasteiger partial charge in [0.25, 0.3) is 11.8 Å². The van der Waals surface area contributed by atoms with Crippen molar-refractivity contribution in [3.63, 3.8) is 0 Å². The van der Waals surface area contributed by atoms with Gasteiger partial charge in [-0.15, -0.1) is 6.58 Å². The number of hydrogen-bond acceptors (Lipinski definition) is 4. The van der Waals surface area contributed by atoms with Gasteiger partial charge in [-0.25, -0.2) is 0 Å². The van der Waals surface area contributed by atoms with Crippen molar-refractivity contribution in [2.75, 3.05) is 31.5 Å². The van der Waals surface area contributed by atoms with Gasteiger partial charge < -0.3 is 5.32 Å². The van der Waals surface area contributed by atoms with Gasteiger partial charge >= 0.3 is 0 Å². The highest BCUT2D eigenvalue weighted by molar-refractivity contribution is 6.27. The summed E-state index contributed by atoms with van der Waals surface area (Å²) in [6.45, 7) is 6.03. The molecule has 0 atom stereocenters. The molecule has 2 aromatic rings. The van der Waals surface area contributed by atoms with Crippen molar-refractivity contribution in [1.29, 1.82) is 0 Å². The zero-order valence-electron chi connectivity index (χ0n) is 15.0. The first-order valence-electron chi connectivity index (χ1n) is 9.15. The van der Waals surface area contributed by atoms with Crippen LogP contribution in [0.3, 0.4) is 0 Å². The lowest BCUT2D eigenvalue weighted by Gasteiger charge is -2.27. The van der Waals surface area contributed by atoms with Gasteiger partial charge in [0.1, 0.15) is 0 Å². The van der Waals surface area contributed by atoms with Gasteiger partial charge in [-0.05, 0) is 44.1 Å². The zero-order valence-corrected chi connectivity index (χ0v) is 15.0. The van der Waals surface area contributed by atoms with Crippen LogP contribution in [0, 0.1) is 0 Å². The Balaban J connectivity index is 1.70. The van der Waals surface area contributed by atoms with Crippen LogP contribution in [-0.2, 0) is 4.79 Å². The van der Waals surface area contributed by atoms with E-state index in [9.17, 15) is 14.4 Å². The van der Waals surface area contributed by atoms with E-state index in [1.165, 1.54) is 11.0 Å². The summed E-state index contributed by atoms with van der Waals surface area (Å²) in [7, 11) is 0. The van der Waals surface area contributed by atoms with E-state index in [1.54, 1.807) is 24.3 Å². The number of amides is 3. The summed E-state index contributed by atoms with van der Waals surface area (Å²) in [6, 6.07) is 8.74. The third-order valence-corrected chi connectivity index (χ3v) is 5.14. The topological polar surface area (TPSA) is 69.7 Å². The van der Waals surface area contributed by atoms with Crippen LogP contribution in [-0.4, -0.2) is 53.7 Å². The van der Waals surface area contributed by atoms with Gasteiger partial charge in [0.05, 0.1) is 6.54 Å². The molecule has 3 amide bonds. The Hall–Kier alpha value is -2.99. The average Bonchev–Trinajstić information content (AvgIpc) is 3.17. The Morgan fingerprint density at radius 3 is 2.48 bits per heavy atom. The van der Waals surface area contributed by atoms with Crippen LogP contribution < -0.4 is 5.32 Å². The highest BCUT2D eigenvalue weighted by atomic mass is 16.2. The summed E-state index contributed by atoms with van der Waals surface area (Å²) < 4.78 is 0. The number of nitrogens with zero attached hydrogens (tertiary/aromatic N) is 2. The first-order valence-corrected chi connectivity index (χ1v) is 9.15. The molecule has 0 radical (unpaired) electrons. The van der Waals surface area contributed by atoms with Crippen LogP contribution in [0.5, 0.6) is 0 Å². The third kappa shape index (κ3) is 3.02. The van der Waals surface area contributed by atoms with Crippen LogP contribution >= 0.6 is 0 Å². The van der Waals surface area contributed by atoms with E-state index in [2.05, 4.69) is 16.8 Å². The van der Waals surface area contributed by atoms with Crippen LogP contribution in [0.25, 0.3) is 10.8 Å². The van der Waals surface area contributed by atoms with Crippen LogP contribution in [0.2, 0.25) is 0 Å². The lowest BCUT2D eigenvalue weighted by Crippen LogP contribution is -2.40. The lowest BCUT2D eigenvalue weighted by molar-refractivity contribution is -0.117. The normalized spacial score (nSPS) is 16.8. The Labute approximate surface area is 157 Å². The molecule has 0 bridgehead atoms. The number of rotatable bonds is 5. The molecular formula is C21H21N3O3. The largest absolute Gasteiger partial charge is 0.324 e. The quantitative estimate of drug-likeness (QED) is 0.655. The number of likely N-dealkylation sites (tertiary alicyclic amines) is 1. The van der Waals surface area contributed by atoms with Crippen molar-refractivity contribution in [2.24, 2.45) is 0 Å². The summed E-state index contributed by atoms with van der Waals surface area (Å²) in [4.78, 5) is 41.2. The molecule has 6 nitrogen and oxygen atoms in total. The number of carbonyl (C=O) groups excluding carboxylic acids is 3. The highest BCUT2D eigenvalue weighted by Crippen LogP contribution is 2.34. The van der Waals surface area contributed by atoms with Gasteiger partial charge in [-0.2, -0.15) is 0 Å². The summed E-state index contributed by atoms with van der Waals surface area (Å²) >= 11 is 0. The molecule has 138 valence electrons. The molecule has 4 rings (SSSR count). The van der Waals surface area contributed by atoms with E-state index in [0.717, 1.165) is 25.9 Å². The monoisotopic (exact) mass is 363 g/mol. The molecule has 2 aliphatic rings. The van der Waals surface area contributed by atoms with Gasteiger partial charge in [0.2, 0.25) is 5.91 Å². The summed E-state index contributed by atoms with van der Waals surface area (Å²) in [5.41, 5.74) is 1.57. The van der Waals surface area contributed by atoms with Gasteiger partial charge in [0.15, 0.2) is 0 Å². The fourth-order valence-electron chi connectivity index (χ4n) is 3.88. The van der Waals surface area contributed by atoms with E-state index in [4.69, 9.17) is 0 Å². The van der Waals surface area contributed by atoms with Crippen LogP contribution in [0.15, 0.2) is 43.0 Å². The van der Waals surface area contributed by atoms with Gasteiger partial charge in [-0.3, -0.25) is 24.2 Å². The molecule has 2 aromatic carbocycles. The molecule has 6 heteroatoms. The average molecular weight is 363 g/mol. The zero-order chi connectivity index (χ0) is 19.0. The first kappa shape index (κ1) is 17.4. The molecule has 0 unspecified atom stereocenters. The number of hydrogen-bond donors (Lipinski definition) is 1.